The van der Waals surface area contributed by atoms with E-state index in [1.54, 1.807) is 6.92 Å². The van der Waals surface area contributed by atoms with Crippen molar-refractivity contribution < 1.29 is 34.7 Å². The first kappa shape index (κ1) is 23.5. The van der Waals surface area contributed by atoms with E-state index in [1.165, 1.54) is 6.92 Å². The van der Waals surface area contributed by atoms with Gasteiger partial charge in [-0.25, -0.2) is 0 Å². The molecule has 7 atom stereocenters. The topological polar surface area (TPSA) is 116 Å². The van der Waals surface area contributed by atoms with E-state index in [-0.39, 0.29) is 18.3 Å². The third-order valence-electron chi connectivity index (χ3n) is 4.85. The van der Waals surface area contributed by atoms with Gasteiger partial charge in [-0.15, -0.1) is 0 Å². The largest absolute Gasteiger partial charge is 0.393 e. The average molecular weight is 376 g/mol. The Balaban J connectivity index is 2.55. The molecule has 1 aliphatic heterocycles. The fourth-order valence-electron chi connectivity index (χ4n) is 3.23. The highest BCUT2D eigenvalue weighted by Gasteiger charge is 2.43. The van der Waals surface area contributed by atoms with Crippen molar-refractivity contribution >= 4 is 5.78 Å². The molecule has 1 heterocycles. The van der Waals surface area contributed by atoms with Crippen LogP contribution in [0, 0.1) is 0 Å². The molecule has 0 aromatic carbocycles. The van der Waals surface area contributed by atoms with Crippen LogP contribution in [0.25, 0.3) is 0 Å². The molecule has 7 heteroatoms. The minimum absolute atomic E-state index is 0.0338. The second kappa shape index (κ2) is 12.0. The van der Waals surface area contributed by atoms with E-state index in [4.69, 9.17) is 9.47 Å². The van der Waals surface area contributed by atoms with Crippen molar-refractivity contribution in [2.24, 2.45) is 0 Å². The van der Waals surface area contributed by atoms with Crippen LogP contribution in [0.4, 0.5) is 0 Å². The van der Waals surface area contributed by atoms with Gasteiger partial charge in [-0.2, -0.15) is 0 Å². The zero-order valence-electron chi connectivity index (χ0n) is 16.2. The first-order chi connectivity index (χ1) is 12.3. The molecule has 0 saturated carbocycles. The maximum absolute atomic E-state index is 11.0. The zero-order valence-corrected chi connectivity index (χ0v) is 16.2. The average Bonchev–Trinajstić information content (AvgIpc) is 2.57. The monoisotopic (exact) mass is 376 g/mol. The molecule has 0 spiro atoms. The molecule has 1 saturated heterocycles. The van der Waals surface area contributed by atoms with E-state index in [0.717, 1.165) is 25.7 Å². The Labute approximate surface area is 156 Å². The number of carbonyl (C=O) groups is 1. The Morgan fingerprint density at radius 2 is 1.69 bits per heavy atom. The number of carbonyl (C=O) groups excluding carboxylic acids is 1. The minimum atomic E-state index is -1.31. The summed E-state index contributed by atoms with van der Waals surface area (Å²) in [6.45, 7) is 5.20. The summed E-state index contributed by atoms with van der Waals surface area (Å²) in [6, 6.07) is 0. The third-order valence-corrected chi connectivity index (χ3v) is 4.85. The van der Waals surface area contributed by atoms with Gasteiger partial charge >= 0.3 is 0 Å². The lowest BCUT2D eigenvalue weighted by Gasteiger charge is -2.40. The van der Waals surface area contributed by atoms with Crippen molar-refractivity contribution in [3.63, 3.8) is 0 Å². The number of Topliss-reactive ketones (excluding diaryl/α,β-unsaturated/α-hetero) is 1. The normalized spacial score (nSPS) is 31.6. The smallest absolute Gasteiger partial charge is 0.186 e. The molecule has 0 bridgehead atoms. The maximum atomic E-state index is 11.0. The third kappa shape index (κ3) is 7.98. The summed E-state index contributed by atoms with van der Waals surface area (Å²) in [5.74, 6) is -0.0338. The van der Waals surface area contributed by atoms with E-state index in [0.29, 0.717) is 19.3 Å². The van der Waals surface area contributed by atoms with E-state index >= 15 is 0 Å². The van der Waals surface area contributed by atoms with Gasteiger partial charge in [-0.3, -0.25) is 4.79 Å². The van der Waals surface area contributed by atoms with Crippen molar-refractivity contribution in [1.29, 1.82) is 0 Å². The van der Waals surface area contributed by atoms with Crippen molar-refractivity contribution in [2.45, 2.75) is 115 Å². The van der Waals surface area contributed by atoms with Gasteiger partial charge in [0, 0.05) is 6.42 Å². The Kier molecular flexibility index (Phi) is 10.8. The SMILES string of the molecule is CCCCCC(CCCC(O)CC(C)=O)OC1O[C@@H](C)[C@@H](O)[C@@H](O)[C@@H]1O. The zero-order chi connectivity index (χ0) is 19.7. The molecular formula is C19H36O7. The molecule has 0 aromatic heterocycles. The molecule has 1 fully saturated rings. The highest BCUT2D eigenvalue weighted by Crippen LogP contribution is 2.25. The predicted octanol–water partition coefficient (Wildman–Crippen LogP) is 1.29. The molecular weight excluding hydrogens is 340 g/mol. The first-order valence-electron chi connectivity index (χ1n) is 9.78. The lowest BCUT2D eigenvalue weighted by atomic mass is 9.99. The number of ketones is 1. The van der Waals surface area contributed by atoms with Crippen LogP contribution in [-0.4, -0.2) is 69.1 Å². The minimum Gasteiger partial charge on any atom is -0.393 e. The fraction of sp³-hybridized carbons (Fsp3) is 0.947. The Hall–Kier alpha value is -0.570. The van der Waals surface area contributed by atoms with Gasteiger partial charge < -0.3 is 29.9 Å². The first-order valence-corrected chi connectivity index (χ1v) is 9.78. The molecule has 26 heavy (non-hydrogen) atoms. The van der Waals surface area contributed by atoms with E-state index < -0.39 is 36.8 Å². The number of hydrogen-bond acceptors (Lipinski definition) is 7. The molecule has 3 unspecified atom stereocenters. The Bertz CT molecular complexity index is 403. The number of unbranched alkanes of at least 4 members (excludes halogenated alkanes) is 2. The number of hydrogen-bond donors (Lipinski definition) is 4. The lowest BCUT2D eigenvalue weighted by molar-refractivity contribution is -0.305. The van der Waals surface area contributed by atoms with Crippen LogP contribution in [0.1, 0.15) is 72.1 Å². The summed E-state index contributed by atoms with van der Waals surface area (Å²) in [6.07, 6.45) is -0.272. The standard InChI is InChI=1S/C19H36O7/c1-4-5-6-9-15(10-7-8-14(21)11-12(2)20)26-19-18(24)17(23)16(22)13(3)25-19/h13-19,21-24H,4-11H2,1-3H3/t13-,14?,15?,16+,17+,18-,19?/m0/s1. The molecule has 0 amide bonds. The maximum Gasteiger partial charge on any atom is 0.186 e. The summed E-state index contributed by atoms with van der Waals surface area (Å²) in [7, 11) is 0. The van der Waals surface area contributed by atoms with Gasteiger partial charge in [0.1, 0.15) is 24.1 Å². The van der Waals surface area contributed by atoms with Crippen LogP contribution in [0.2, 0.25) is 0 Å². The van der Waals surface area contributed by atoms with Gasteiger partial charge in [-0.1, -0.05) is 26.2 Å². The van der Waals surface area contributed by atoms with Crippen LogP contribution in [0.3, 0.4) is 0 Å². The van der Waals surface area contributed by atoms with Crippen LogP contribution in [0.5, 0.6) is 0 Å². The van der Waals surface area contributed by atoms with E-state index in [1.807, 2.05) is 0 Å². The van der Waals surface area contributed by atoms with Gasteiger partial charge in [-0.05, 0) is 39.5 Å². The Morgan fingerprint density at radius 1 is 1.04 bits per heavy atom. The highest BCUT2D eigenvalue weighted by atomic mass is 16.7. The van der Waals surface area contributed by atoms with Crippen LogP contribution in [-0.2, 0) is 14.3 Å². The predicted molar refractivity (Wildman–Crippen MR) is 96.5 cm³/mol. The molecule has 0 aliphatic carbocycles. The molecule has 154 valence electrons. The quantitative estimate of drug-likeness (QED) is 0.379. The number of aliphatic hydroxyl groups is 4. The summed E-state index contributed by atoms with van der Waals surface area (Å²) < 4.78 is 11.4. The molecule has 1 aliphatic rings. The molecule has 7 nitrogen and oxygen atoms in total. The second-order valence-electron chi connectivity index (χ2n) is 7.43. The highest BCUT2D eigenvalue weighted by molar-refractivity contribution is 5.75. The second-order valence-corrected chi connectivity index (χ2v) is 7.43. The van der Waals surface area contributed by atoms with Gasteiger partial charge in [0.25, 0.3) is 0 Å². The van der Waals surface area contributed by atoms with Gasteiger partial charge in [0.05, 0.1) is 18.3 Å². The molecule has 0 radical (unpaired) electrons. The van der Waals surface area contributed by atoms with Gasteiger partial charge in [0.2, 0.25) is 0 Å². The molecule has 0 aromatic rings. The summed E-state index contributed by atoms with van der Waals surface area (Å²) in [4.78, 5) is 11.0. The van der Waals surface area contributed by atoms with Crippen molar-refractivity contribution in [3.05, 3.63) is 0 Å². The number of ether oxygens (including phenoxy) is 2. The number of aliphatic hydroxyl groups excluding tert-OH is 4. The van der Waals surface area contributed by atoms with E-state index in [2.05, 4.69) is 6.92 Å². The molecule has 4 N–H and O–H groups in total. The van der Waals surface area contributed by atoms with Crippen molar-refractivity contribution in [2.75, 3.05) is 0 Å². The lowest BCUT2D eigenvalue weighted by Crippen LogP contribution is -2.57. The Morgan fingerprint density at radius 3 is 2.31 bits per heavy atom. The van der Waals surface area contributed by atoms with Gasteiger partial charge in [0.15, 0.2) is 6.29 Å². The van der Waals surface area contributed by atoms with Crippen LogP contribution < -0.4 is 0 Å². The number of rotatable bonds is 12. The van der Waals surface area contributed by atoms with Crippen molar-refractivity contribution in [1.82, 2.24) is 0 Å². The van der Waals surface area contributed by atoms with Crippen molar-refractivity contribution in [3.8, 4) is 0 Å². The summed E-state index contributed by atoms with van der Waals surface area (Å²) in [5, 5.41) is 39.6. The summed E-state index contributed by atoms with van der Waals surface area (Å²) in [5.41, 5.74) is 0. The van der Waals surface area contributed by atoms with E-state index in [9.17, 15) is 25.2 Å². The van der Waals surface area contributed by atoms with Crippen LogP contribution in [0.15, 0.2) is 0 Å². The van der Waals surface area contributed by atoms with Crippen LogP contribution >= 0.6 is 0 Å². The molecule has 1 rings (SSSR count). The summed E-state index contributed by atoms with van der Waals surface area (Å²) >= 11 is 0. The fourth-order valence-corrected chi connectivity index (χ4v) is 3.23.